The van der Waals surface area contributed by atoms with E-state index in [-0.39, 0.29) is 5.92 Å². The molecule has 4 atom stereocenters. The normalized spacial score (nSPS) is 15.4. The summed E-state index contributed by atoms with van der Waals surface area (Å²) in [5.74, 6) is -2.85. The van der Waals surface area contributed by atoms with Crippen LogP contribution in [0.3, 0.4) is 0 Å². The van der Waals surface area contributed by atoms with Crippen molar-refractivity contribution in [2.45, 2.75) is 51.4 Å². The molecule has 0 aromatic rings. The van der Waals surface area contributed by atoms with E-state index in [2.05, 4.69) is 16.0 Å². The maximum absolute atomic E-state index is 12.4. The van der Waals surface area contributed by atoms with Crippen LogP contribution in [-0.4, -0.2) is 76.7 Å². The predicted molar refractivity (Wildman–Crippen MR) is 102 cm³/mol. The molecule has 0 saturated heterocycles. The molecule has 0 heterocycles. The topological polar surface area (TPSA) is 171 Å². The van der Waals surface area contributed by atoms with Gasteiger partial charge in [0.25, 0.3) is 0 Å². The van der Waals surface area contributed by atoms with Crippen LogP contribution in [0.25, 0.3) is 0 Å². The van der Waals surface area contributed by atoms with Gasteiger partial charge in [-0.3, -0.25) is 14.4 Å². The SMILES string of the molecule is CSCCC(NC(=O)C(N)CO)C(=O)NC(C)C(=O)NC(C(=O)O)C(C)C. The Hall–Kier alpha value is -1.85. The number of rotatable bonds is 12. The maximum Gasteiger partial charge on any atom is 0.326 e. The van der Waals surface area contributed by atoms with Crippen LogP contribution >= 0.6 is 11.8 Å². The Morgan fingerprint density at radius 3 is 2.04 bits per heavy atom. The van der Waals surface area contributed by atoms with Crippen molar-refractivity contribution in [2.24, 2.45) is 11.7 Å². The van der Waals surface area contributed by atoms with Gasteiger partial charge in [-0.1, -0.05) is 13.8 Å². The molecule has 0 aliphatic heterocycles. The lowest BCUT2D eigenvalue weighted by molar-refractivity contribution is -0.143. The highest BCUT2D eigenvalue weighted by Crippen LogP contribution is 2.04. The van der Waals surface area contributed by atoms with Crippen molar-refractivity contribution in [1.29, 1.82) is 0 Å². The average Bonchev–Trinajstić information content (AvgIpc) is 2.60. The summed E-state index contributed by atoms with van der Waals surface area (Å²) in [6.45, 7) is 4.16. The predicted octanol–water partition coefficient (Wildman–Crippen LogP) is -1.73. The van der Waals surface area contributed by atoms with E-state index in [9.17, 15) is 19.2 Å². The zero-order valence-electron chi connectivity index (χ0n) is 16.0. The quantitative estimate of drug-likeness (QED) is 0.222. The van der Waals surface area contributed by atoms with Gasteiger partial charge in [0.2, 0.25) is 17.7 Å². The summed E-state index contributed by atoms with van der Waals surface area (Å²) in [6, 6.07) is -4.17. The van der Waals surface area contributed by atoms with Crippen molar-refractivity contribution in [1.82, 2.24) is 16.0 Å². The molecule has 0 rings (SSSR count). The third kappa shape index (κ3) is 9.07. The minimum absolute atomic E-state index is 0.301. The van der Waals surface area contributed by atoms with Crippen molar-refractivity contribution in [3.8, 4) is 0 Å². The number of hydrogen-bond donors (Lipinski definition) is 6. The number of carbonyl (C=O) groups is 4. The molecule has 0 aromatic heterocycles. The summed E-state index contributed by atoms with van der Waals surface area (Å²) < 4.78 is 0. The maximum atomic E-state index is 12.4. The van der Waals surface area contributed by atoms with Crippen molar-refractivity contribution >= 4 is 35.5 Å². The summed E-state index contributed by atoms with van der Waals surface area (Å²) in [7, 11) is 0. The average molecular weight is 407 g/mol. The Labute approximate surface area is 163 Å². The standard InChI is InChI=1S/C16H30N4O6S/c1-8(2)12(16(25)26)20-13(22)9(3)18-15(24)11(5-6-27-4)19-14(23)10(17)7-21/h8-12,21H,5-7,17H2,1-4H3,(H,18,24)(H,19,23)(H,20,22)(H,25,26). The second-order valence-corrected chi connectivity index (χ2v) is 7.42. The highest BCUT2D eigenvalue weighted by atomic mass is 32.2. The van der Waals surface area contributed by atoms with Crippen molar-refractivity contribution in [3.63, 3.8) is 0 Å². The van der Waals surface area contributed by atoms with Crippen molar-refractivity contribution in [3.05, 3.63) is 0 Å². The molecule has 0 aliphatic rings. The molecule has 7 N–H and O–H groups in total. The van der Waals surface area contributed by atoms with Gasteiger partial charge >= 0.3 is 5.97 Å². The van der Waals surface area contributed by atoms with E-state index < -0.39 is 54.5 Å². The minimum atomic E-state index is -1.17. The monoisotopic (exact) mass is 406 g/mol. The molecule has 0 aliphatic carbocycles. The molecule has 11 heteroatoms. The largest absolute Gasteiger partial charge is 0.480 e. The van der Waals surface area contributed by atoms with Crippen LogP contribution in [0.15, 0.2) is 0 Å². The van der Waals surface area contributed by atoms with Crippen LogP contribution in [0.1, 0.15) is 27.2 Å². The molecule has 10 nitrogen and oxygen atoms in total. The van der Waals surface area contributed by atoms with Gasteiger partial charge in [0, 0.05) is 0 Å². The highest BCUT2D eigenvalue weighted by Gasteiger charge is 2.29. The van der Waals surface area contributed by atoms with Crippen LogP contribution in [0, 0.1) is 5.92 Å². The van der Waals surface area contributed by atoms with E-state index >= 15 is 0 Å². The third-order valence-electron chi connectivity index (χ3n) is 3.76. The van der Waals surface area contributed by atoms with Gasteiger partial charge in [-0.15, -0.1) is 0 Å². The lowest BCUT2D eigenvalue weighted by atomic mass is 10.0. The Morgan fingerprint density at radius 1 is 1.00 bits per heavy atom. The van der Waals surface area contributed by atoms with Crippen LogP contribution in [0.4, 0.5) is 0 Å². The van der Waals surface area contributed by atoms with Gasteiger partial charge < -0.3 is 31.9 Å². The first-order valence-electron chi connectivity index (χ1n) is 8.54. The van der Waals surface area contributed by atoms with Gasteiger partial charge in [0.05, 0.1) is 6.61 Å². The molecule has 0 aromatic carbocycles. The number of amides is 3. The van der Waals surface area contributed by atoms with Gasteiger partial charge in [0.15, 0.2) is 0 Å². The molecule has 27 heavy (non-hydrogen) atoms. The highest BCUT2D eigenvalue weighted by molar-refractivity contribution is 7.98. The second kappa shape index (κ2) is 12.5. The van der Waals surface area contributed by atoms with Crippen molar-refractivity contribution in [2.75, 3.05) is 18.6 Å². The minimum Gasteiger partial charge on any atom is -0.480 e. The smallest absolute Gasteiger partial charge is 0.326 e. The molecule has 0 radical (unpaired) electrons. The molecule has 0 bridgehead atoms. The number of thioether (sulfide) groups is 1. The first-order valence-corrected chi connectivity index (χ1v) is 9.93. The van der Waals surface area contributed by atoms with E-state index in [4.69, 9.17) is 15.9 Å². The molecular weight excluding hydrogens is 376 g/mol. The van der Waals surface area contributed by atoms with Gasteiger partial charge in [-0.25, -0.2) is 4.79 Å². The molecule has 0 spiro atoms. The Balaban J connectivity index is 4.95. The van der Waals surface area contributed by atoms with Crippen LogP contribution in [0.2, 0.25) is 0 Å². The lowest BCUT2D eigenvalue weighted by Gasteiger charge is -2.24. The summed E-state index contributed by atoms with van der Waals surface area (Å²) in [6.07, 6.45) is 2.14. The molecule has 156 valence electrons. The first-order chi connectivity index (χ1) is 12.5. The molecular formula is C16H30N4O6S. The second-order valence-electron chi connectivity index (χ2n) is 6.43. The number of nitrogens with one attached hydrogen (secondary N) is 3. The number of carbonyl (C=O) groups excluding carboxylic acids is 3. The van der Waals surface area contributed by atoms with E-state index in [0.717, 1.165) is 0 Å². The van der Waals surface area contributed by atoms with Gasteiger partial charge in [-0.05, 0) is 31.3 Å². The van der Waals surface area contributed by atoms with Crippen LogP contribution in [-0.2, 0) is 19.2 Å². The number of aliphatic hydroxyl groups excluding tert-OH is 1. The summed E-state index contributed by atoms with van der Waals surface area (Å²) in [5.41, 5.74) is 5.44. The van der Waals surface area contributed by atoms with Crippen LogP contribution in [0.5, 0.6) is 0 Å². The number of hydrogen-bond acceptors (Lipinski definition) is 7. The summed E-state index contributed by atoms with van der Waals surface area (Å²) >= 11 is 1.47. The number of aliphatic hydroxyl groups is 1. The molecule has 0 saturated carbocycles. The van der Waals surface area contributed by atoms with E-state index in [1.54, 1.807) is 13.8 Å². The zero-order chi connectivity index (χ0) is 21.1. The molecule has 3 amide bonds. The van der Waals surface area contributed by atoms with E-state index in [1.165, 1.54) is 18.7 Å². The fraction of sp³-hybridized carbons (Fsp3) is 0.750. The Morgan fingerprint density at radius 2 is 1.59 bits per heavy atom. The molecule has 0 fully saturated rings. The fourth-order valence-corrected chi connectivity index (χ4v) is 2.51. The van der Waals surface area contributed by atoms with E-state index in [0.29, 0.717) is 12.2 Å². The number of carboxylic acids is 1. The zero-order valence-corrected chi connectivity index (χ0v) is 16.8. The number of nitrogens with two attached hydrogens (primary N) is 1. The lowest BCUT2D eigenvalue weighted by Crippen LogP contribution is -2.57. The Bertz CT molecular complexity index is 531. The first kappa shape index (κ1) is 25.1. The Kier molecular flexibility index (Phi) is 11.7. The van der Waals surface area contributed by atoms with Crippen molar-refractivity contribution < 1.29 is 29.4 Å². The van der Waals surface area contributed by atoms with Gasteiger partial charge in [-0.2, -0.15) is 11.8 Å². The third-order valence-corrected chi connectivity index (χ3v) is 4.40. The number of carboxylic acid groups (broad SMARTS) is 1. The summed E-state index contributed by atoms with van der Waals surface area (Å²) in [5, 5.41) is 25.4. The summed E-state index contributed by atoms with van der Waals surface area (Å²) in [4.78, 5) is 47.6. The number of aliphatic carboxylic acids is 1. The van der Waals surface area contributed by atoms with Crippen LogP contribution < -0.4 is 21.7 Å². The molecule has 4 unspecified atom stereocenters. The van der Waals surface area contributed by atoms with E-state index in [1.807, 2.05) is 6.26 Å². The van der Waals surface area contributed by atoms with Gasteiger partial charge in [0.1, 0.15) is 24.2 Å². The fourth-order valence-electron chi connectivity index (χ4n) is 2.04.